The Hall–Kier alpha value is -2.31. The summed E-state index contributed by atoms with van der Waals surface area (Å²) in [5, 5.41) is 6.58. The summed E-state index contributed by atoms with van der Waals surface area (Å²) in [4.78, 5) is 12.1. The molecule has 1 aliphatic rings. The van der Waals surface area contributed by atoms with Gasteiger partial charge in [0.25, 0.3) is 0 Å². The van der Waals surface area contributed by atoms with E-state index in [0.29, 0.717) is 17.9 Å². The zero-order chi connectivity index (χ0) is 17.5. The van der Waals surface area contributed by atoms with Crippen LogP contribution in [0.4, 0.5) is 13.2 Å². The predicted octanol–water partition coefficient (Wildman–Crippen LogP) is 3.53. The molecule has 1 aromatic heterocycles. The van der Waals surface area contributed by atoms with Crippen LogP contribution < -0.4 is 5.32 Å². The second-order valence-corrected chi connectivity index (χ2v) is 6.08. The van der Waals surface area contributed by atoms with E-state index >= 15 is 0 Å². The average Bonchev–Trinajstić information content (AvgIpc) is 3.21. The monoisotopic (exact) mass is 338 g/mol. The van der Waals surface area contributed by atoms with Crippen molar-refractivity contribution in [3.63, 3.8) is 0 Å². The molecule has 0 bridgehead atoms. The van der Waals surface area contributed by atoms with Crippen molar-refractivity contribution in [3.05, 3.63) is 52.4 Å². The lowest BCUT2D eigenvalue weighted by molar-refractivity contribution is -0.138. The normalized spacial score (nSPS) is 20.0. The molecule has 128 valence electrons. The maximum atomic E-state index is 13.1. The fraction of sp³-hybridized carbons (Fsp3) is 0.412. The van der Waals surface area contributed by atoms with Crippen molar-refractivity contribution in [2.75, 3.05) is 0 Å². The van der Waals surface area contributed by atoms with Gasteiger partial charge in [-0.1, -0.05) is 23.4 Å². The molecule has 24 heavy (non-hydrogen) atoms. The number of amides is 1. The molecule has 0 unspecified atom stereocenters. The van der Waals surface area contributed by atoms with Crippen LogP contribution in [0.3, 0.4) is 0 Å². The Kier molecular flexibility index (Phi) is 4.11. The molecule has 1 N–H and O–H groups in total. The van der Waals surface area contributed by atoms with Crippen LogP contribution in [0, 0.1) is 13.8 Å². The van der Waals surface area contributed by atoms with E-state index in [1.165, 1.54) is 12.1 Å². The fourth-order valence-corrected chi connectivity index (χ4v) is 2.95. The van der Waals surface area contributed by atoms with Gasteiger partial charge in [0.05, 0.1) is 17.7 Å². The molecule has 2 atom stereocenters. The lowest BCUT2D eigenvalue weighted by Crippen LogP contribution is -2.28. The topological polar surface area (TPSA) is 55.1 Å². The molecule has 1 amide bonds. The highest BCUT2D eigenvalue weighted by molar-refractivity contribution is 5.79. The van der Waals surface area contributed by atoms with Crippen LogP contribution in [0.25, 0.3) is 0 Å². The number of alkyl halides is 3. The Morgan fingerprint density at radius 1 is 1.33 bits per heavy atom. The largest absolute Gasteiger partial charge is 0.416 e. The van der Waals surface area contributed by atoms with Crippen LogP contribution in [-0.4, -0.2) is 17.1 Å². The molecule has 1 heterocycles. The maximum Gasteiger partial charge on any atom is 0.416 e. The standard InChI is InChI=1S/C17H17F3N2O2/c1-9-12(10(2)24-22-9)8-16(23)21-15-7-13(15)11-5-3-4-6-14(11)17(18,19)20/h3-6,13,15H,7-8H2,1-2H3,(H,21,23)/t13-,15+/m1/s1. The third kappa shape index (κ3) is 3.29. The van der Waals surface area contributed by atoms with Crippen molar-refractivity contribution in [1.29, 1.82) is 0 Å². The van der Waals surface area contributed by atoms with Gasteiger partial charge in [-0.25, -0.2) is 0 Å². The summed E-state index contributed by atoms with van der Waals surface area (Å²) in [6.07, 6.45) is -3.75. The number of nitrogens with one attached hydrogen (secondary N) is 1. The van der Waals surface area contributed by atoms with Crippen LogP contribution in [0.5, 0.6) is 0 Å². The van der Waals surface area contributed by atoms with Crippen LogP contribution >= 0.6 is 0 Å². The SMILES string of the molecule is Cc1noc(C)c1CC(=O)N[C@H]1C[C@@H]1c1ccccc1C(F)(F)F. The van der Waals surface area contributed by atoms with Crippen LogP contribution in [-0.2, 0) is 17.4 Å². The molecule has 0 saturated heterocycles. The Balaban J connectivity index is 1.66. The van der Waals surface area contributed by atoms with Crippen molar-refractivity contribution >= 4 is 5.91 Å². The minimum absolute atomic E-state index is 0.116. The smallest absolute Gasteiger partial charge is 0.361 e. The maximum absolute atomic E-state index is 13.1. The summed E-state index contributed by atoms with van der Waals surface area (Å²) in [6.45, 7) is 3.47. The number of benzene rings is 1. The molecule has 1 aliphatic carbocycles. The second kappa shape index (κ2) is 5.96. The number of aryl methyl sites for hydroxylation is 2. The van der Waals surface area contributed by atoms with Crippen molar-refractivity contribution in [2.45, 2.75) is 44.8 Å². The first kappa shape index (κ1) is 16.5. The van der Waals surface area contributed by atoms with E-state index in [9.17, 15) is 18.0 Å². The van der Waals surface area contributed by atoms with E-state index in [1.807, 2.05) is 0 Å². The second-order valence-electron chi connectivity index (χ2n) is 6.08. The summed E-state index contributed by atoms with van der Waals surface area (Å²) in [5.41, 5.74) is 0.989. The number of nitrogens with zero attached hydrogens (tertiary/aromatic N) is 1. The third-order valence-electron chi connectivity index (χ3n) is 4.32. The number of carbonyl (C=O) groups excluding carboxylic acids is 1. The Morgan fingerprint density at radius 3 is 2.67 bits per heavy atom. The Bertz CT molecular complexity index is 748. The van der Waals surface area contributed by atoms with E-state index in [1.54, 1.807) is 19.9 Å². The van der Waals surface area contributed by atoms with Crippen molar-refractivity contribution in [1.82, 2.24) is 10.5 Å². The zero-order valence-electron chi connectivity index (χ0n) is 13.3. The molecular weight excluding hydrogens is 321 g/mol. The van der Waals surface area contributed by atoms with Gasteiger partial charge in [-0.15, -0.1) is 0 Å². The van der Waals surface area contributed by atoms with Gasteiger partial charge in [0.1, 0.15) is 5.76 Å². The highest BCUT2D eigenvalue weighted by atomic mass is 19.4. The molecule has 1 saturated carbocycles. The summed E-state index contributed by atoms with van der Waals surface area (Å²) in [5.74, 6) is 0.0512. The number of hydrogen-bond donors (Lipinski definition) is 1. The molecule has 3 rings (SSSR count). The Morgan fingerprint density at radius 2 is 2.04 bits per heavy atom. The number of halogens is 3. The van der Waals surface area contributed by atoms with Gasteiger partial charge in [-0.2, -0.15) is 13.2 Å². The number of aromatic nitrogens is 1. The summed E-state index contributed by atoms with van der Waals surface area (Å²) >= 11 is 0. The highest BCUT2D eigenvalue weighted by Crippen LogP contribution is 2.46. The predicted molar refractivity (Wildman–Crippen MR) is 80.4 cm³/mol. The first-order valence-corrected chi connectivity index (χ1v) is 7.64. The van der Waals surface area contributed by atoms with Gasteiger partial charge in [0, 0.05) is 17.5 Å². The molecule has 0 aliphatic heterocycles. The van der Waals surface area contributed by atoms with Gasteiger partial charge in [0.2, 0.25) is 5.91 Å². The summed E-state index contributed by atoms with van der Waals surface area (Å²) in [7, 11) is 0. The van der Waals surface area contributed by atoms with Gasteiger partial charge in [-0.05, 0) is 31.9 Å². The van der Waals surface area contributed by atoms with Crippen LogP contribution in [0.1, 0.15) is 40.5 Å². The molecular formula is C17H17F3N2O2. The number of rotatable bonds is 4. The third-order valence-corrected chi connectivity index (χ3v) is 4.32. The molecule has 1 aromatic carbocycles. The van der Waals surface area contributed by atoms with Crippen molar-refractivity contribution < 1.29 is 22.5 Å². The fourth-order valence-electron chi connectivity index (χ4n) is 2.95. The molecule has 2 aromatic rings. The van der Waals surface area contributed by atoms with E-state index in [0.717, 1.165) is 11.6 Å². The molecule has 0 spiro atoms. The molecule has 4 nitrogen and oxygen atoms in total. The Labute approximate surface area is 137 Å². The van der Waals surface area contributed by atoms with E-state index in [2.05, 4.69) is 10.5 Å². The van der Waals surface area contributed by atoms with E-state index < -0.39 is 11.7 Å². The van der Waals surface area contributed by atoms with Crippen molar-refractivity contribution in [3.8, 4) is 0 Å². The van der Waals surface area contributed by atoms with Gasteiger partial charge in [0.15, 0.2) is 0 Å². The first-order valence-electron chi connectivity index (χ1n) is 7.64. The summed E-state index contributed by atoms with van der Waals surface area (Å²) in [6, 6.07) is 5.26. The molecule has 1 fully saturated rings. The highest BCUT2D eigenvalue weighted by Gasteiger charge is 2.44. The van der Waals surface area contributed by atoms with E-state index in [-0.39, 0.29) is 29.9 Å². The molecule has 0 radical (unpaired) electrons. The van der Waals surface area contributed by atoms with Crippen LogP contribution in [0.2, 0.25) is 0 Å². The van der Waals surface area contributed by atoms with E-state index in [4.69, 9.17) is 4.52 Å². The van der Waals surface area contributed by atoms with Gasteiger partial charge >= 0.3 is 6.18 Å². The summed E-state index contributed by atoms with van der Waals surface area (Å²) < 4.78 is 44.2. The minimum Gasteiger partial charge on any atom is -0.361 e. The molecule has 7 heteroatoms. The number of carbonyl (C=O) groups is 1. The van der Waals surface area contributed by atoms with Gasteiger partial charge < -0.3 is 9.84 Å². The van der Waals surface area contributed by atoms with Crippen LogP contribution in [0.15, 0.2) is 28.8 Å². The zero-order valence-corrected chi connectivity index (χ0v) is 13.3. The quantitative estimate of drug-likeness (QED) is 0.928. The lowest BCUT2D eigenvalue weighted by Gasteiger charge is -2.12. The average molecular weight is 338 g/mol. The first-order chi connectivity index (χ1) is 11.3. The lowest BCUT2D eigenvalue weighted by atomic mass is 10.0. The van der Waals surface area contributed by atoms with Gasteiger partial charge in [-0.3, -0.25) is 4.79 Å². The van der Waals surface area contributed by atoms with Crippen molar-refractivity contribution in [2.24, 2.45) is 0 Å². The minimum atomic E-state index is -4.38. The number of hydrogen-bond acceptors (Lipinski definition) is 3.